The Kier molecular flexibility index (Phi) is 6.21. The minimum Gasteiger partial charge on any atom is -0.450 e. The fourth-order valence-electron chi connectivity index (χ4n) is 7.98. The van der Waals surface area contributed by atoms with Crippen LogP contribution in [0, 0.1) is 34.5 Å². The normalized spacial score (nSPS) is 43.9. The van der Waals surface area contributed by atoms with Crippen molar-refractivity contribution in [3.8, 4) is 0 Å². The predicted octanol–water partition coefficient (Wildman–Crippen LogP) is 2.39. The topological polar surface area (TPSA) is 110 Å². The number of carbonyl (C=O) groups excluding carboxylic acids is 3. The van der Waals surface area contributed by atoms with Crippen molar-refractivity contribution in [3.63, 3.8) is 0 Å². The Labute approximate surface area is 195 Å². The van der Waals surface area contributed by atoms with Gasteiger partial charge in [0.15, 0.2) is 11.4 Å². The average Bonchev–Trinajstić information content (AvgIpc) is 3.05. The molecule has 33 heavy (non-hydrogen) atoms. The van der Waals surface area contributed by atoms with Gasteiger partial charge in [-0.05, 0) is 55.6 Å². The molecular weight excluding hydrogens is 424 g/mol. The van der Waals surface area contributed by atoms with Crippen LogP contribution in [0.1, 0.15) is 52.9 Å². The summed E-state index contributed by atoms with van der Waals surface area (Å²) in [4.78, 5) is 37.9. The summed E-state index contributed by atoms with van der Waals surface area (Å²) in [6.07, 6.45) is 6.67. The lowest BCUT2D eigenvalue weighted by Gasteiger charge is -2.61. The number of hydrogen-bond acceptors (Lipinski definition) is 7. The fourth-order valence-corrected chi connectivity index (χ4v) is 7.98. The Bertz CT molecular complexity index is 906. The van der Waals surface area contributed by atoms with Crippen LogP contribution < -0.4 is 0 Å². The van der Waals surface area contributed by atoms with Crippen LogP contribution in [0.3, 0.4) is 0 Å². The number of aliphatic hydroxyl groups is 2. The quantitative estimate of drug-likeness (QED) is 0.586. The molecule has 3 saturated carbocycles. The number of allylic oxidation sites excluding steroid dienone is 4. The zero-order chi connectivity index (χ0) is 24.2. The lowest BCUT2D eigenvalue weighted by molar-refractivity contribution is -0.201. The molecule has 0 amide bonds. The van der Waals surface area contributed by atoms with E-state index in [1.165, 1.54) is 7.11 Å². The van der Waals surface area contributed by atoms with E-state index in [2.05, 4.69) is 13.8 Å². The summed E-state index contributed by atoms with van der Waals surface area (Å²) in [5.74, 6) is -0.829. The fraction of sp³-hybridized carbons (Fsp3) is 0.731. The molecule has 4 rings (SSSR count). The molecule has 182 valence electrons. The molecule has 4 aliphatic rings. The number of esters is 1. The lowest BCUT2D eigenvalue weighted by atomic mass is 9.44. The highest BCUT2D eigenvalue weighted by Crippen LogP contribution is 2.68. The molecule has 0 aromatic carbocycles. The second-order valence-corrected chi connectivity index (χ2v) is 10.9. The van der Waals surface area contributed by atoms with Crippen molar-refractivity contribution in [1.82, 2.24) is 0 Å². The van der Waals surface area contributed by atoms with Gasteiger partial charge in [0.2, 0.25) is 5.78 Å². The Morgan fingerprint density at radius 1 is 1.27 bits per heavy atom. The van der Waals surface area contributed by atoms with Crippen LogP contribution in [0.15, 0.2) is 23.8 Å². The number of fused-ring (bicyclic) bond motifs is 5. The molecule has 0 heterocycles. The van der Waals surface area contributed by atoms with Crippen LogP contribution in [-0.4, -0.2) is 59.8 Å². The van der Waals surface area contributed by atoms with Crippen molar-refractivity contribution in [2.45, 2.75) is 64.6 Å². The van der Waals surface area contributed by atoms with Crippen molar-refractivity contribution in [2.24, 2.45) is 34.5 Å². The van der Waals surface area contributed by atoms with Gasteiger partial charge in [-0.15, -0.1) is 0 Å². The van der Waals surface area contributed by atoms with Gasteiger partial charge in [-0.2, -0.15) is 0 Å². The highest BCUT2D eigenvalue weighted by Gasteiger charge is 2.70. The molecular formula is C26H36O7. The van der Waals surface area contributed by atoms with Crippen molar-refractivity contribution in [1.29, 1.82) is 0 Å². The average molecular weight is 461 g/mol. The summed E-state index contributed by atoms with van der Waals surface area (Å²) in [6, 6.07) is 0. The molecule has 0 saturated heterocycles. The summed E-state index contributed by atoms with van der Waals surface area (Å²) in [6.45, 7) is 5.64. The van der Waals surface area contributed by atoms with Crippen LogP contribution in [-0.2, 0) is 23.9 Å². The summed E-state index contributed by atoms with van der Waals surface area (Å²) in [7, 11) is 1.49. The molecule has 4 aliphatic carbocycles. The standard InChI is InChI=1S/C26H36O7/c1-15-11-17-18-6-9-26(21(30)14-27,33-22(31)7-10-32-4)25(18,3)13-20(29)23(17)24(2)8-5-16(28)12-19(15)24/h5,8,12,15,17-18,20,23,27,29H,6-7,9-11,13-14H2,1-4H3/t15?,17-,18-,20?,23+,24-,25-,26-/m0/s1. The molecule has 2 unspecified atom stereocenters. The number of ether oxygens (including phenoxy) is 2. The zero-order valence-corrected chi connectivity index (χ0v) is 20.0. The zero-order valence-electron chi connectivity index (χ0n) is 20.0. The van der Waals surface area contributed by atoms with E-state index in [0.717, 1.165) is 12.0 Å². The maximum absolute atomic E-state index is 13.2. The van der Waals surface area contributed by atoms with Gasteiger partial charge in [0, 0.05) is 23.9 Å². The van der Waals surface area contributed by atoms with Gasteiger partial charge in [0.25, 0.3) is 0 Å². The number of Topliss-reactive ketones (excluding diaryl/α,β-unsaturated/α-hetero) is 1. The third kappa shape index (κ3) is 3.46. The molecule has 0 bridgehead atoms. The van der Waals surface area contributed by atoms with Crippen LogP contribution in [0.5, 0.6) is 0 Å². The molecule has 0 radical (unpaired) electrons. The van der Waals surface area contributed by atoms with Crippen LogP contribution >= 0.6 is 0 Å². The van der Waals surface area contributed by atoms with E-state index in [9.17, 15) is 24.6 Å². The van der Waals surface area contributed by atoms with Gasteiger partial charge in [0.05, 0.1) is 19.1 Å². The third-order valence-corrected chi connectivity index (χ3v) is 9.33. The highest BCUT2D eigenvalue weighted by molar-refractivity contribution is 6.01. The molecule has 0 aromatic heterocycles. The smallest absolute Gasteiger partial charge is 0.309 e. The number of aliphatic hydroxyl groups excluding tert-OH is 2. The van der Waals surface area contributed by atoms with E-state index in [1.807, 2.05) is 13.0 Å². The Hall–Kier alpha value is -1.83. The molecule has 0 spiro atoms. The van der Waals surface area contributed by atoms with Gasteiger partial charge < -0.3 is 19.7 Å². The summed E-state index contributed by atoms with van der Waals surface area (Å²) < 4.78 is 10.9. The lowest BCUT2D eigenvalue weighted by Crippen LogP contribution is -2.63. The first-order chi connectivity index (χ1) is 15.5. The molecule has 2 N–H and O–H groups in total. The summed E-state index contributed by atoms with van der Waals surface area (Å²) in [5.41, 5.74) is -1.61. The van der Waals surface area contributed by atoms with Gasteiger partial charge >= 0.3 is 5.97 Å². The molecule has 0 aromatic rings. The molecule has 8 atom stereocenters. The van der Waals surface area contributed by atoms with Gasteiger partial charge in [0.1, 0.15) is 6.61 Å². The van der Waals surface area contributed by atoms with Crippen LogP contribution in [0.4, 0.5) is 0 Å². The predicted molar refractivity (Wildman–Crippen MR) is 120 cm³/mol. The number of ketones is 2. The molecule has 3 fully saturated rings. The number of hydrogen-bond donors (Lipinski definition) is 2. The third-order valence-electron chi connectivity index (χ3n) is 9.33. The first-order valence-electron chi connectivity index (χ1n) is 12.0. The van der Waals surface area contributed by atoms with Crippen molar-refractivity contribution >= 4 is 17.5 Å². The van der Waals surface area contributed by atoms with E-state index < -0.39 is 40.9 Å². The van der Waals surface area contributed by atoms with Crippen molar-refractivity contribution in [3.05, 3.63) is 23.8 Å². The van der Waals surface area contributed by atoms with E-state index in [1.54, 1.807) is 12.2 Å². The maximum atomic E-state index is 13.2. The van der Waals surface area contributed by atoms with E-state index in [4.69, 9.17) is 9.47 Å². The van der Waals surface area contributed by atoms with Crippen LogP contribution in [0.25, 0.3) is 0 Å². The summed E-state index contributed by atoms with van der Waals surface area (Å²) >= 11 is 0. The van der Waals surface area contributed by atoms with Crippen molar-refractivity contribution < 1.29 is 34.1 Å². The Morgan fingerprint density at radius 2 is 2.00 bits per heavy atom. The van der Waals surface area contributed by atoms with Crippen molar-refractivity contribution in [2.75, 3.05) is 20.3 Å². The van der Waals surface area contributed by atoms with Gasteiger partial charge in [-0.1, -0.05) is 32.4 Å². The minimum atomic E-state index is -1.46. The Balaban J connectivity index is 1.74. The molecule has 7 nitrogen and oxygen atoms in total. The largest absolute Gasteiger partial charge is 0.450 e. The van der Waals surface area contributed by atoms with Crippen LogP contribution in [0.2, 0.25) is 0 Å². The first kappa shape index (κ1) is 24.3. The second-order valence-electron chi connectivity index (χ2n) is 10.9. The monoisotopic (exact) mass is 460 g/mol. The number of rotatable bonds is 6. The summed E-state index contributed by atoms with van der Waals surface area (Å²) in [5, 5.41) is 21.4. The molecule has 0 aliphatic heterocycles. The van der Waals surface area contributed by atoms with E-state index >= 15 is 0 Å². The highest BCUT2D eigenvalue weighted by atomic mass is 16.6. The van der Waals surface area contributed by atoms with E-state index in [-0.39, 0.29) is 42.5 Å². The second kappa shape index (κ2) is 8.43. The number of carbonyl (C=O) groups is 3. The van der Waals surface area contributed by atoms with E-state index in [0.29, 0.717) is 19.3 Å². The van der Waals surface area contributed by atoms with Gasteiger partial charge in [-0.3, -0.25) is 14.4 Å². The maximum Gasteiger partial charge on any atom is 0.309 e. The Morgan fingerprint density at radius 3 is 2.67 bits per heavy atom. The number of methoxy groups -OCH3 is 1. The SMILES string of the molecule is COCCC(=O)O[C@]1(C(=O)CO)CC[C@H]2[C@@H]3CC(C)C4=CC(=O)C=C[C@]4(C)[C@H]3C(O)C[C@@]21C. The first-order valence-corrected chi connectivity index (χ1v) is 12.0. The van der Waals surface area contributed by atoms with Gasteiger partial charge in [-0.25, -0.2) is 0 Å². The minimum absolute atomic E-state index is 0.0145. The molecule has 7 heteroatoms.